The molecule has 1 amide bonds. The van der Waals surface area contributed by atoms with Crippen molar-refractivity contribution in [2.45, 2.75) is 16.7 Å². The van der Waals surface area contributed by atoms with Gasteiger partial charge >= 0.3 is 0 Å². The predicted octanol–water partition coefficient (Wildman–Crippen LogP) is 2.76. The second-order valence-electron chi connectivity index (χ2n) is 8.72. The average Bonchev–Trinajstić information content (AvgIpc) is 3.34. The molecule has 1 unspecified atom stereocenters. The van der Waals surface area contributed by atoms with Crippen molar-refractivity contribution in [2.75, 3.05) is 39.3 Å². The Kier molecular flexibility index (Phi) is 6.81. The summed E-state index contributed by atoms with van der Waals surface area (Å²) < 4.78 is 32.2. The van der Waals surface area contributed by atoms with E-state index in [-0.39, 0.29) is 16.5 Å². The Labute approximate surface area is 205 Å². The van der Waals surface area contributed by atoms with Gasteiger partial charge < -0.3 is 9.42 Å². The van der Waals surface area contributed by atoms with Crippen LogP contribution in [0.1, 0.15) is 32.7 Å². The van der Waals surface area contributed by atoms with Crippen LogP contribution in [0.15, 0.2) is 76.2 Å². The van der Waals surface area contributed by atoms with Crippen molar-refractivity contribution in [1.82, 2.24) is 20.3 Å². The first-order valence-corrected chi connectivity index (χ1v) is 13.3. The number of fused-ring (bicyclic) bond motifs is 1. The predicted molar refractivity (Wildman–Crippen MR) is 132 cm³/mol. The van der Waals surface area contributed by atoms with Crippen LogP contribution in [0.3, 0.4) is 0 Å². The molecule has 0 aliphatic carbocycles. The van der Waals surface area contributed by atoms with E-state index < -0.39 is 15.2 Å². The first-order valence-electron chi connectivity index (χ1n) is 11.8. The molecule has 3 heterocycles. The summed E-state index contributed by atoms with van der Waals surface area (Å²) in [7, 11) is -3.77. The number of carbonyl (C=O) groups is 1. The number of carbonyl (C=O) groups excluding carboxylic acids is 1. The van der Waals surface area contributed by atoms with E-state index in [4.69, 9.17) is 4.52 Å². The number of nitrogens with zero attached hydrogens (tertiary/aromatic N) is 3. The third-order valence-electron chi connectivity index (χ3n) is 6.46. The van der Waals surface area contributed by atoms with Crippen molar-refractivity contribution in [3.63, 3.8) is 0 Å². The lowest BCUT2D eigenvalue weighted by atomic mass is 10.1. The van der Waals surface area contributed by atoms with Crippen LogP contribution in [0.2, 0.25) is 0 Å². The van der Waals surface area contributed by atoms with Gasteiger partial charge in [-0.3, -0.25) is 15.0 Å². The van der Waals surface area contributed by atoms with E-state index in [9.17, 15) is 13.2 Å². The number of amides is 1. The van der Waals surface area contributed by atoms with Crippen molar-refractivity contribution < 1.29 is 17.7 Å². The van der Waals surface area contributed by atoms with Crippen LogP contribution in [0.4, 0.5) is 0 Å². The summed E-state index contributed by atoms with van der Waals surface area (Å²) >= 11 is 0. The Balaban J connectivity index is 1.28. The maximum absolute atomic E-state index is 13.4. The molecule has 3 aromatic rings. The van der Waals surface area contributed by atoms with Gasteiger partial charge in [0.1, 0.15) is 11.1 Å². The van der Waals surface area contributed by atoms with E-state index in [1.165, 1.54) is 0 Å². The molecule has 2 aliphatic rings. The van der Waals surface area contributed by atoms with E-state index >= 15 is 0 Å². The highest BCUT2D eigenvalue weighted by atomic mass is 32.2. The van der Waals surface area contributed by atoms with E-state index in [2.05, 4.69) is 39.7 Å². The van der Waals surface area contributed by atoms with Crippen molar-refractivity contribution in [3.05, 3.63) is 89.3 Å². The highest BCUT2D eigenvalue weighted by Gasteiger charge is 2.40. The SMILES string of the molecule is O=C(c1noc2c1C(S(=O)(=O)c1ccccc1)NCC2)N1CCN(CC=Cc2ccccc2)CC1. The van der Waals surface area contributed by atoms with Gasteiger partial charge in [0.15, 0.2) is 15.5 Å². The second kappa shape index (κ2) is 10.2. The largest absolute Gasteiger partial charge is 0.360 e. The van der Waals surface area contributed by atoms with Gasteiger partial charge in [0.05, 0.1) is 10.5 Å². The minimum atomic E-state index is -3.77. The molecule has 1 aromatic heterocycles. The normalized spacial score (nSPS) is 19.1. The van der Waals surface area contributed by atoms with Crippen molar-refractivity contribution in [3.8, 4) is 0 Å². The standard InChI is InChI=1S/C26H28N4O4S/c31-26(30-18-16-29(17-19-30)15-7-10-20-8-3-1-4-9-20)24-23-22(34-28-24)13-14-27-25(23)35(32,33)21-11-5-2-6-12-21/h1-12,25,27H,13-19H2. The number of hydrogen-bond donors (Lipinski definition) is 1. The van der Waals surface area contributed by atoms with Gasteiger partial charge in [-0.1, -0.05) is 65.8 Å². The first kappa shape index (κ1) is 23.5. The van der Waals surface area contributed by atoms with E-state index in [1.54, 1.807) is 35.2 Å². The molecule has 1 saturated heterocycles. The molecular formula is C26H28N4O4S. The van der Waals surface area contributed by atoms with Gasteiger partial charge in [-0.25, -0.2) is 8.42 Å². The fourth-order valence-electron chi connectivity index (χ4n) is 4.55. The molecular weight excluding hydrogens is 464 g/mol. The molecule has 1 atom stereocenters. The van der Waals surface area contributed by atoms with Crippen molar-refractivity contribution >= 4 is 21.8 Å². The zero-order valence-corrected chi connectivity index (χ0v) is 20.2. The molecule has 0 spiro atoms. The molecule has 1 fully saturated rings. The van der Waals surface area contributed by atoms with E-state index in [1.807, 2.05) is 18.2 Å². The van der Waals surface area contributed by atoms with Crippen LogP contribution in [0, 0.1) is 0 Å². The quantitative estimate of drug-likeness (QED) is 0.565. The highest BCUT2D eigenvalue weighted by Crippen LogP contribution is 2.34. The highest BCUT2D eigenvalue weighted by molar-refractivity contribution is 7.91. The minimum absolute atomic E-state index is 0.0918. The zero-order chi connectivity index (χ0) is 24.3. The van der Waals surface area contributed by atoms with Gasteiger partial charge in [0.25, 0.3) is 5.91 Å². The Morgan fingerprint density at radius 1 is 1.03 bits per heavy atom. The molecule has 182 valence electrons. The summed E-state index contributed by atoms with van der Waals surface area (Å²) in [5.41, 5.74) is 1.60. The van der Waals surface area contributed by atoms with Crippen LogP contribution >= 0.6 is 0 Å². The molecule has 0 radical (unpaired) electrons. The van der Waals surface area contributed by atoms with Crippen molar-refractivity contribution in [1.29, 1.82) is 0 Å². The third-order valence-corrected chi connectivity index (χ3v) is 8.42. The lowest BCUT2D eigenvalue weighted by Crippen LogP contribution is -2.49. The van der Waals surface area contributed by atoms with Gasteiger partial charge in [-0.05, 0) is 17.7 Å². The van der Waals surface area contributed by atoms with Crippen LogP contribution in [0.25, 0.3) is 6.08 Å². The molecule has 2 aromatic carbocycles. The third kappa shape index (κ3) is 4.93. The Bertz CT molecular complexity index is 1300. The number of hydrogen-bond acceptors (Lipinski definition) is 7. The lowest BCUT2D eigenvalue weighted by molar-refractivity contribution is 0.0639. The molecule has 9 heteroatoms. The van der Waals surface area contributed by atoms with E-state index in [0.717, 1.165) is 25.2 Å². The Morgan fingerprint density at radius 2 is 1.71 bits per heavy atom. The fourth-order valence-corrected chi connectivity index (χ4v) is 6.25. The lowest BCUT2D eigenvalue weighted by Gasteiger charge is -2.34. The first-order chi connectivity index (χ1) is 17.0. The van der Waals surface area contributed by atoms with Crippen LogP contribution in [-0.4, -0.2) is 68.5 Å². The van der Waals surface area contributed by atoms with Crippen LogP contribution in [0.5, 0.6) is 0 Å². The van der Waals surface area contributed by atoms with Crippen LogP contribution in [-0.2, 0) is 16.3 Å². The molecule has 35 heavy (non-hydrogen) atoms. The number of aromatic nitrogens is 1. The van der Waals surface area contributed by atoms with Gasteiger partial charge in [-0.15, -0.1) is 0 Å². The second-order valence-corrected chi connectivity index (χ2v) is 10.7. The summed E-state index contributed by atoms with van der Waals surface area (Å²) in [6.07, 6.45) is 4.71. The van der Waals surface area contributed by atoms with Gasteiger partial charge in [0.2, 0.25) is 0 Å². The molecule has 5 rings (SSSR count). The van der Waals surface area contributed by atoms with Gasteiger partial charge in [0, 0.05) is 45.7 Å². The average molecular weight is 493 g/mol. The zero-order valence-electron chi connectivity index (χ0n) is 19.3. The maximum atomic E-state index is 13.4. The number of piperazine rings is 1. The molecule has 2 aliphatic heterocycles. The fraction of sp³-hybridized carbons (Fsp3) is 0.308. The smallest absolute Gasteiger partial charge is 0.276 e. The van der Waals surface area contributed by atoms with Crippen LogP contribution < -0.4 is 5.32 Å². The molecule has 1 N–H and O–H groups in total. The van der Waals surface area contributed by atoms with E-state index in [0.29, 0.717) is 37.4 Å². The molecule has 0 saturated carbocycles. The Hall–Kier alpha value is -3.27. The summed E-state index contributed by atoms with van der Waals surface area (Å²) in [4.78, 5) is 17.6. The summed E-state index contributed by atoms with van der Waals surface area (Å²) in [5, 5.41) is 6.04. The topological polar surface area (TPSA) is 95.8 Å². The maximum Gasteiger partial charge on any atom is 0.276 e. The minimum Gasteiger partial charge on any atom is -0.360 e. The number of rotatable bonds is 6. The number of sulfone groups is 1. The molecule has 8 nitrogen and oxygen atoms in total. The molecule has 0 bridgehead atoms. The summed E-state index contributed by atoms with van der Waals surface area (Å²) in [6, 6.07) is 18.4. The number of nitrogens with one attached hydrogen (secondary N) is 1. The number of benzene rings is 2. The summed E-state index contributed by atoms with van der Waals surface area (Å²) in [6.45, 7) is 3.79. The van der Waals surface area contributed by atoms with Crippen molar-refractivity contribution in [2.24, 2.45) is 0 Å². The summed E-state index contributed by atoms with van der Waals surface area (Å²) in [5.74, 6) is 0.174. The van der Waals surface area contributed by atoms with Gasteiger partial charge in [-0.2, -0.15) is 0 Å². The Morgan fingerprint density at radius 3 is 2.43 bits per heavy atom. The monoisotopic (exact) mass is 492 g/mol.